The van der Waals surface area contributed by atoms with Gasteiger partial charge in [0, 0.05) is 29.9 Å². The largest absolute Gasteiger partial charge is 0.294 e. The normalized spacial score (nSPS) is 25.8. The molecule has 3 heteroatoms. The summed E-state index contributed by atoms with van der Waals surface area (Å²) >= 11 is 0. The van der Waals surface area contributed by atoms with Crippen LogP contribution in [0.25, 0.3) is 0 Å². The maximum atomic E-state index is 5.25. The van der Waals surface area contributed by atoms with Crippen molar-refractivity contribution in [3.05, 3.63) is 102 Å². The van der Waals surface area contributed by atoms with Crippen LogP contribution in [0.1, 0.15) is 35.4 Å². The second-order valence-corrected chi connectivity index (χ2v) is 8.15. The number of fused-ring (bicyclic) bond motifs is 3. The van der Waals surface area contributed by atoms with Crippen LogP contribution in [-0.2, 0) is 6.54 Å². The van der Waals surface area contributed by atoms with Crippen LogP contribution < -0.4 is 0 Å². The van der Waals surface area contributed by atoms with Crippen molar-refractivity contribution in [1.29, 1.82) is 0 Å². The quantitative estimate of drug-likeness (QED) is 0.626. The van der Waals surface area contributed by atoms with Crippen LogP contribution in [0.2, 0.25) is 0 Å². The minimum Gasteiger partial charge on any atom is -0.294 e. The Kier molecular flexibility index (Phi) is 5.23. The molecule has 3 fully saturated rings. The van der Waals surface area contributed by atoms with Crippen molar-refractivity contribution in [2.24, 2.45) is 10.9 Å². The van der Waals surface area contributed by atoms with E-state index < -0.39 is 0 Å². The monoisotopic (exact) mass is 381 g/mol. The molecule has 3 nitrogen and oxygen atoms in total. The Morgan fingerprint density at radius 1 is 0.828 bits per heavy atom. The fraction of sp³-hybridized carbons (Fsp3) is 0.308. The van der Waals surface area contributed by atoms with Crippen molar-refractivity contribution < 1.29 is 0 Å². The summed E-state index contributed by atoms with van der Waals surface area (Å²) in [4.78, 5) is 12.2. The molecule has 2 bridgehead atoms. The molecule has 2 unspecified atom stereocenters. The minimum atomic E-state index is 0.289. The molecule has 3 saturated heterocycles. The molecule has 2 aromatic carbocycles. The average Bonchev–Trinajstić information content (AvgIpc) is 2.81. The van der Waals surface area contributed by atoms with E-state index in [0.29, 0.717) is 12.0 Å². The predicted molar refractivity (Wildman–Crippen MR) is 118 cm³/mol. The first-order chi connectivity index (χ1) is 14.4. The smallest absolute Gasteiger partial charge is 0.0639 e. The van der Waals surface area contributed by atoms with Crippen molar-refractivity contribution in [1.82, 2.24) is 9.88 Å². The van der Waals surface area contributed by atoms with Gasteiger partial charge in [-0.15, -0.1) is 0 Å². The standard InChI is InChI=1S/C26H27N3/c1-3-7-20(8-4-1)19-28-25-23-13-17-29(18-14-23)26(25)24(21-9-5-2-6-10-21)22-11-15-27-16-12-22/h1-12,15-16,23-24,26H,13-14,17-19H2. The zero-order valence-corrected chi connectivity index (χ0v) is 16.7. The zero-order chi connectivity index (χ0) is 19.5. The third-order valence-corrected chi connectivity index (χ3v) is 6.47. The lowest BCUT2D eigenvalue weighted by Gasteiger charge is -2.49. The van der Waals surface area contributed by atoms with Gasteiger partial charge in [-0.3, -0.25) is 14.9 Å². The number of pyridine rings is 1. The minimum absolute atomic E-state index is 0.289. The van der Waals surface area contributed by atoms with Gasteiger partial charge in [0.1, 0.15) is 0 Å². The first-order valence-electron chi connectivity index (χ1n) is 10.7. The zero-order valence-electron chi connectivity index (χ0n) is 16.7. The van der Waals surface area contributed by atoms with Crippen LogP contribution in [-0.4, -0.2) is 34.7 Å². The van der Waals surface area contributed by atoms with Crippen LogP contribution in [0.5, 0.6) is 0 Å². The van der Waals surface area contributed by atoms with Gasteiger partial charge in [-0.2, -0.15) is 0 Å². The van der Waals surface area contributed by atoms with Crippen molar-refractivity contribution in [3.8, 4) is 0 Å². The molecule has 0 spiro atoms. The van der Waals surface area contributed by atoms with E-state index in [1.165, 1.54) is 48.3 Å². The van der Waals surface area contributed by atoms with E-state index in [1.54, 1.807) is 0 Å². The molecule has 0 amide bonds. The van der Waals surface area contributed by atoms with Crippen LogP contribution >= 0.6 is 0 Å². The second kappa shape index (κ2) is 8.30. The van der Waals surface area contributed by atoms with E-state index in [9.17, 15) is 0 Å². The summed E-state index contributed by atoms with van der Waals surface area (Å²) in [7, 11) is 0. The summed E-state index contributed by atoms with van der Waals surface area (Å²) in [6, 6.07) is 26.3. The fourth-order valence-corrected chi connectivity index (χ4v) is 5.06. The Hall–Kier alpha value is -2.78. The summed E-state index contributed by atoms with van der Waals surface area (Å²) in [6.45, 7) is 3.12. The fourth-order valence-electron chi connectivity index (χ4n) is 5.06. The van der Waals surface area contributed by atoms with Gasteiger partial charge in [0.15, 0.2) is 0 Å². The number of aliphatic imine (C=N–C) groups is 1. The van der Waals surface area contributed by atoms with Gasteiger partial charge in [-0.25, -0.2) is 0 Å². The Bertz CT molecular complexity index is 906. The lowest BCUT2D eigenvalue weighted by atomic mass is 9.72. The highest BCUT2D eigenvalue weighted by Crippen LogP contribution is 2.40. The second-order valence-electron chi connectivity index (χ2n) is 8.15. The van der Waals surface area contributed by atoms with Crippen molar-refractivity contribution in [2.75, 3.05) is 13.1 Å². The molecule has 3 aliphatic rings. The van der Waals surface area contributed by atoms with E-state index in [-0.39, 0.29) is 5.92 Å². The van der Waals surface area contributed by atoms with Gasteiger partial charge in [-0.05, 0) is 54.8 Å². The van der Waals surface area contributed by atoms with Crippen molar-refractivity contribution in [3.63, 3.8) is 0 Å². The van der Waals surface area contributed by atoms with Crippen LogP contribution in [0.3, 0.4) is 0 Å². The molecule has 0 aliphatic carbocycles. The SMILES string of the molecule is c1ccc(CN=C2C3CCN(CC3)C2C(c2ccccc2)c2ccncc2)cc1. The first kappa shape index (κ1) is 18.3. The van der Waals surface area contributed by atoms with Gasteiger partial charge in [0.05, 0.1) is 12.6 Å². The molecule has 0 N–H and O–H groups in total. The summed E-state index contributed by atoms with van der Waals surface area (Å²) in [6.07, 6.45) is 6.31. The number of aromatic nitrogens is 1. The van der Waals surface area contributed by atoms with E-state index in [1.807, 2.05) is 12.4 Å². The molecule has 3 aliphatic heterocycles. The maximum Gasteiger partial charge on any atom is 0.0639 e. The summed E-state index contributed by atoms with van der Waals surface area (Å²) in [5.74, 6) is 0.901. The molecule has 4 heterocycles. The molecular formula is C26H27N3. The summed E-state index contributed by atoms with van der Waals surface area (Å²) < 4.78 is 0. The average molecular weight is 382 g/mol. The Labute approximate surface area is 173 Å². The molecule has 146 valence electrons. The van der Waals surface area contributed by atoms with E-state index >= 15 is 0 Å². The number of piperidine rings is 3. The van der Waals surface area contributed by atoms with Crippen LogP contribution in [0.15, 0.2) is 90.2 Å². The highest BCUT2D eigenvalue weighted by atomic mass is 15.2. The highest BCUT2D eigenvalue weighted by Gasteiger charge is 2.43. The number of hydrogen-bond acceptors (Lipinski definition) is 3. The predicted octanol–water partition coefficient (Wildman–Crippen LogP) is 4.95. The molecule has 29 heavy (non-hydrogen) atoms. The highest BCUT2D eigenvalue weighted by molar-refractivity contribution is 5.94. The molecule has 0 saturated carbocycles. The first-order valence-corrected chi connectivity index (χ1v) is 10.7. The molecule has 1 aromatic heterocycles. The van der Waals surface area contributed by atoms with Gasteiger partial charge < -0.3 is 0 Å². The lowest BCUT2D eigenvalue weighted by Crippen LogP contribution is -2.58. The number of nitrogens with zero attached hydrogens (tertiary/aromatic N) is 3. The van der Waals surface area contributed by atoms with Gasteiger partial charge in [0.25, 0.3) is 0 Å². The van der Waals surface area contributed by atoms with E-state index in [2.05, 4.69) is 82.7 Å². The molecule has 3 aromatic rings. The van der Waals surface area contributed by atoms with Crippen molar-refractivity contribution >= 4 is 5.71 Å². The van der Waals surface area contributed by atoms with Gasteiger partial charge in [0.2, 0.25) is 0 Å². The van der Waals surface area contributed by atoms with Gasteiger partial charge >= 0.3 is 0 Å². The maximum absolute atomic E-state index is 5.25. The third kappa shape index (κ3) is 3.75. The molecular weight excluding hydrogens is 354 g/mol. The summed E-state index contributed by atoms with van der Waals surface area (Å²) in [5.41, 5.74) is 5.38. The number of hydrogen-bond donors (Lipinski definition) is 0. The molecule has 2 atom stereocenters. The van der Waals surface area contributed by atoms with Gasteiger partial charge in [-0.1, -0.05) is 60.7 Å². The van der Waals surface area contributed by atoms with Crippen LogP contribution in [0.4, 0.5) is 0 Å². The summed E-state index contributed by atoms with van der Waals surface area (Å²) in [5, 5.41) is 0. The van der Waals surface area contributed by atoms with Crippen molar-refractivity contribution in [2.45, 2.75) is 31.3 Å². The number of rotatable bonds is 5. The molecule has 0 radical (unpaired) electrons. The van der Waals surface area contributed by atoms with E-state index in [0.717, 1.165) is 6.54 Å². The van der Waals surface area contributed by atoms with Crippen LogP contribution in [0, 0.1) is 5.92 Å². The lowest BCUT2D eigenvalue weighted by molar-refractivity contribution is 0.135. The topological polar surface area (TPSA) is 28.5 Å². The Balaban J connectivity index is 1.57. The molecule has 6 rings (SSSR count). The van der Waals surface area contributed by atoms with E-state index in [4.69, 9.17) is 4.99 Å². The third-order valence-electron chi connectivity index (χ3n) is 6.47. The Morgan fingerprint density at radius 2 is 1.45 bits per heavy atom. The number of benzene rings is 2. The Morgan fingerprint density at radius 3 is 2.14 bits per heavy atom.